The third-order valence-electron chi connectivity index (χ3n) is 6.80. The van der Waals surface area contributed by atoms with E-state index in [9.17, 15) is 0 Å². The molecule has 0 aliphatic carbocycles. The summed E-state index contributed by atoms with van der Waals surface area (Å²) in [5.41, 5.74) is 28.7. The van der Waals surface area contributed by atoms with Crippen molar-refractivity contribution in [3.05, 3.63) is 119 Å². The summed E-state index contributed by atoms with van der Waals surface area (Å²) in [6.07, 6.45) is 0. The smallest absolute Gasteiger partial charge is 0.0501 e. The molecule has 0 aliphatic rings. The van der Waals surface area contributed by atoms with E-state index in [0.717, 1.165) is 44.5 Å². The summed E-state index contributed by atoms with van der Waals surface area (Å²) in [5.74, 6) is 0. The third-order valence-corrected chi connectivity index (χ3v) is 6.80. The number of nitrogens with two attached hydrogens (primary N) is 2. The fourth-order valence-corrected chi connectivity index (χ4v) is 5.19. The highest BCUT2D eigenvalue weighted by Crippen LogP contribution is 2.52. The molecule has 5 rings (SSSR count). The van der Waals surface area contributed by atoms with E-state index in [-0.39, 0.29) is 0 Å². The molecule has 5 aromatic carbocycles. The van der Waals surface area contributed by atoms with Crippen molar-refractivity contribution in [2.45, 2.75) is 27.7 Å². The molecule has 0 aliphatic heterocycles. The highest BCUT2D eigenvalue weighted by molar-refractivity contribution is 6.11. The maximum absolute atomic E-state index is 7.12. The zero-order chi connectivity index (χ0) is 25.4. The monoisotopic (exact) mass is 468 g/mol. The Morgan fingerprint density at radius 1 is 0.361 bits per heavy atom. The van der Waals surface area contributed by atoms with Gasteiger partial charge in [0.15, 0.2) is 0 Å². The Morgan fingerprint density at radius 2 is 0.639 bits per heavy atom. The quantitative estimate of drug-likeness (QED) is 0.259. The van der Waals surface area contributed by atoms with Gasteiger partial charge in [-0.05, 0) is 49.9 Å². The standard InChI is InChI=1S/C34H32N2/c1-21-9-5-13-25(17-21)29-30(26-14-6-10-22(2)18-26)33(35)32(28-16-8-12-24(4)20-28)34(36)31(29)27-15-7-11-23(3)19-27/h5-20H,35-36H2,1-4H3. The first-order chi connectivity index (χ1) is 17.3. The first-order valence-electron chi connectivity index (χ1n) is 12.4. The lowest BCUT2D eigenvalue weighted by atomic mass is 9.81. The number of hydrogen-bond acceptors (Lipinski definition) is 2. The van der Waals surface area contributed by atoms with Crippen molar-refractivity contribution in [3.63, 3.8) is 0 Å². The van der Waals surface area contributed by atoms with Gasteiger partial charge in [-0.25, -0.2) is 0 Å². The van der Waals surface area contributed by atoms with E-state index in [2.05, 4.69) is 125 Å². The predicted molar refractivity (Wildman–Crippen MR) is 156 cm³/mol. The normalized spacial score (nSPS) is 11.0. The Labute approximate surface area is 214 Å². The van der Waals surface area contributed by atoms with Crippen LogP contribution in [-0.4, -0.2) is 0 Å². The summed E-state index contributed by atoms with van der Waals surface area (Å²) in [6, 6.07) is 34.2. The van der Waals surface area contributed by atoms with Crippen LogP contribution in [0.1, 0.15) is 22.3 Å². The van der Waals surface area contributed by atoms with Crippen molar-refractivity contribution in [1.29, 1.82) is 0 Å². The van der Waals surface area contributed by atoms with E-state index in [0.29, 0.717) is 11.4 Å². The van der Waals surface area contributed by atoms with Crippen LogP contribution in [-0.2, 0) is 0 Å². The maximum atomic E-state index is 7.12. The Balaban J connectivity index is 2.01. The molecule has 2 heteroatoms. The van der Waals surface area contributed by atoms with E-state index >= 15 is 0 Å². The molecule has 0 heterocycles. The first kappa shape index (κ1) is 23.4. The van der Waals surface area contributed by atoms with Crippen molar-refractivity contribution < 1.29 is 0 Å². The van der Waals surface area contributed by atoms with Crippen LogP contribution in [0, 0.1) is 27.7 Å². The van der Waals surface area contributed by atoms with Gasteiger partial charge in [-0.3, -0.25) is 0 Å². The molecule has 0 aromatic heterocycles. The van der Waals surface area contributed by atoms with Gasteiger partial charge in [0.25, 0.3) is 0 Å². The molecule has 0 amide bonds. The Bertz CT molecular complexity index is 1520. The molecule has 36 heavy (non-hydrogen) atoms. The van der Waals surface area contributed by atoms with Crippen molar-refractivity contribution in [3.8, 4) is 44.5 Å². The highest BCUT2D eigenvalue weighted by Gasteiger charge is 2.25. The van der Waals surface area contributed by atoms with E-state index in [1.807, 2.05) is 0 Å². The van der Waals surface area contributed by atoms with E-state index in [1.165, 1.54) is 22.3 Å². The lowest BCUT2D eigenvalue weighted by Crippen LogP contribution is -2.05. The topological polar surface area (TPSA) is 52.0 Å². The van der Waals surface area contributed by atoms with Crippen LogP contribution in [0.2, 0.25) is 0 Å². The van der Waals surface area contributed by atoms with Gasteiger partial charge < -0.3 is 11.5 Å². The molecule has 0 spiro atoms. The molecular formula is C34H32N2. The average molecular weight is 469 g/mol. The van der Waals surface area contributed by atoms with Crippen LogP contribution in [0.5, 0.6) is 0 Å². The van der Waals surface area contributed by atoms with E-state index in [1.54, 1.807) is 0 Å². The summed E-state index contributed by atoms with van der Waals surface area (Å²) >= 11 is 0. The van der Waals surface area contributed by atoms with Crippen LogP contribution in [0.4, 0.5) is 11.4 Å². The lowest BCUT2D eigenvalue weighted by Gasteiger charge is -2.25. The molecule has 0 saturated carbocycles. The lowest BCUT2D eigenvalue weighted by molar-refractivity contribution is 1.43. The molecule has 0 fully saturated rings. The fraction of sp³-hybridized carbons (Fsp3) is 0.118. The molecule has 4 N–H and O–H groups in total. The van der Waals surface area contributed by atoms with Crippen molar-refractivity contribution in [2.75, 3.05) is 11.5 Å². The Morgan fingerprint density at radius 3 is 0.944 bits per heavy atom. The van der Waals surface area contributed by atoms with Gasteiger partial charge in [-0.2, -0.15) is 0 Å². The van der Waals surface area contributed by atoms with Crippen molar-refractivity contribution in [1.82, 2.24) is 0 Å². The molecule has 0 saturated heterocycles. The summed E-state index contributed by atoms with van der Waals surface area (Å²) in [5, 5.41) is 0. The largest absolute Gasteiger partial charge is 0.398 e. The predicted octanol–water partition coefficient (Wildman–Crippen LogP) is 8.75. The summed E-state index contributed by atoms with van der Waals surface area (Å²) in [4.78, 5) is 0. The second kappa shape index (κ2) is 9.39. The maximum Gasteiger partial charge on any atom is 0.0501 e. The number of aryl methyl sites for hydroxylation is 4. The fourth-order valence-electron chi connectivity index (χ4n) is 5.19. The van der Waals surface area contributed by atoms with Gasteiger partial charge in [0.2, 0.25) is 0 Å². The molecular weight excluding hydrogens is 436 g/mol. The summed E-state index contributed by atoms with van der Waals surface area (Å²) < 4.78 is 0. The molecule has 0 unspecified atom stereocenters. The van der Waals surface area contributed by atoms with Crippen molar-refractivity contribution in [2.24, 2.45) is 0 Å². The van der Waals surface area contributed by atoms with Gasteiger partial charge in [-0.15, -0.1) is 0 Å². The first-order valence-corrected chi connectivity index (χ1v) is 12.4. The molecule has 5 aromatic rings. The number of hydrogen-bond donors (Lipinski definition) is 2. The van der Waals surface area contributed by atoms with Crippen LogP contribution in [0.15, 0.2) is 97.1 Å². The van der Waals surface area contributed by atoms with Crippen LogP contribution < -0.4 is 11.5 Å². The zero-order valence-corrected chi connectivity index (χ0v) is 21.4. The van der Waals surface area contributed by atoms with Gasteiger partial charge in [0, 0.05) is 22.3 Å². The van der Waals surface area contributed by atoms with E-state index < -0.39 is 0 Å². The molecule has 0 atom stereocenters. The Kier molecular flexibility index (Phi) is 6.12. The average Bonchev–Trinajstić information content (AvgIpc) is 2.84. The van der Waals surface area contributed by atoms with Crippen LogP contribution in [0.3, 0.4) is 0 Å². The number of benzene rings is 5. The number of anilines is 2. The molecule has 2 nitrogen and oxygen atoms in total. The van der Waals surface area contributed by atoms with Crippen molar-refractivity contribution >= 4 is 11.4 Å². The van der Waals surface area contributed by atoms with Gasteiger partial charge in [0.05, 0.1) is 11.4 Å². The van der Waals surface area contributed by atoms with Gasteiger partial charge in [-0.1, -0.05) is 119 Å². The van der Waals surface area contributed by atoms with E-state index in [4.69, 9.17) is 11.5 Å². The summed E-state index contributed by atoms with van der Waals surface area (Å²) in [7, 11) is 0. The zero-order valence-electron chi connectivity index (χ0n) is 21.4. The second-order valence-electron chi connectivity index (χ2n) is 9.81. The minimum absolute atomic E-state index is 0.705. The Hall–Kier alpha value is -4.30. The number of nitrogen functional groups attached to an aromatic ring is 2. The van der Waals surface area contributed by atoms with Gasteiger partial charge >= 0.3 is 0 Å². The molecule has 0 bridgehead atoms. The second-order valence-corrected chi connectivity index (χ2v) is 9.81. The minimum Gasteiger partial charge on any atom is -0.398 e. The highest BCUT2D eigenvalue weighted by atomic mass is 14.7. The minimum atomic E-state index is 0.705. The van der Waals surface area contributed by atoms with Gasteiger partial charge in [0.1, 0.15) is 0 Å². The SMILES string of the molecule is Cc1cccc(-c2c(N)c(-c3cccc(C)c3)c(-c3cccc(C)c3)c(-c3cccc(C)c3)c2N)c1. The van der Waals surface area contributed by atoms with Crippen LogP contribution in [0.25, 0.3) is 44.5 Å². The summed E-state index contributed by atoms with van der Waals surface area (Å²) in [6.45, 7) is 8.45. The molecule has 0 radical (unpaired) electrons. The third kappa shape index (κ3) is 4.27. The van der Waals surface area contributed by atoms with Crippen LogP contribution >= 0.6 is 0 Å². The molecule has 178 valence electrons. The number of rotatable bonds is 4.